The van der Waals surface area contributed by atoms with Crippen LogP contribution in [0.1, 0.15) is 27.9 Å². The highest BCUT2D eigenvalue weighted by Gasteiger charge is 2.24. The van der Waals surface area contributed by atoms with Gasteiger partial charge in [-0.1, -0.05) is 42.5 Å². The lowest BCUT2D eigenvalue weighted by molar-refractivity contribution is 0.0670. The van der Waals surface area contributed by atoms with Crippen molar-refractivity contribution in [3.05, 3.63) is 94.6 Å². The predicted octanol–water partition coefficient (Wildman–Crippen LogP) is 4.67. The van der Waals surface area contributed by atoms with Crippen LogP contribution in [0.15, 0.2) is 78.4 Å². The summed E-state index contributed by atoms with van der Waals surface area (Å²) < 4.78 is 1.89. The summed E-state index contributed by atoms with van der Waals surface area (Å²) in [6.45, 7) is 2.68. The van der Waals surface area contributed by atoms with Crippen molar-refractivity contribution >= 4 is 22.9 Å². The van der Waals surface area contributed by atoms with Crippen molar-refractivity contribution in [2.75, 3.05) is 0 Å². The van der Waals surface area contributed by atoms with E-state index in [-0.39, 0.29) is 11.9 Å². The summed E-state index contributed by atoms with van der Waals surface area (Å²) >= 11 is 1.73. The molecule has 0 saturated carbocycles. The molecule has 5 heteroatoms. The van der Waals surface area contributed by atoms with E-state index >= 15 is 0 Å². The number of carbonyl (C=O) groups is 1. The zero-order valence-corrected chi connectivity index (χ0v) is 16.0. The van der Waals surface area contributed by atoms with E-state index in [0.29, 0.717) is 12.2 Å². The number of aromatic nitrogens is 2. The molecule has 0 N–H and O–H groups in total. The van der Waals surface area contributed by atoms with Gasteiger partial charge in [0.15, 0.2) is 0 Å². The van der Waals surface area contributed by atoms with Crippen LogP contribution in [-0.4, -0.2) is 26.2 Å². The first-order chi connectivity index (χ1) is 13.2. The normalized spacial score (nSPS) is 12.2. The van der Waals surface area contributed by atoms with Crippen molar-refractivity contribution in [2.45, 2.75) is 25.9 Å². The van der Waals surface area contributed by atoms with E-state index in [2.05, 4.69) is 41.6 Å². The van der Waals surface area contributed by atoms with Crippen molar-refractivity contribution in [3.63, 3.8) is 0 Å². The van der Waals surface area contributed by atoms with Crippen LogP contribution in [-0.2, 0) is 13.0 Å². The van der Waals surface area contributed by atoms with Gasteiger partial charge in [0.25, 0.3) is 5.91 Å². The van der Waals surface area contributed by atoms with Gasteiger partial charge < -0.3 is 9.30 Å². The monoisotopic (exact) mass is 375 g/mol. The Labute approximate surface area is 162 Å². The van der Waals surface area contributed by atoms with Crippen LogP contribution in [0.2, 0.25) is 0 Å². The molecule has 0 aliphatic carbocycles. The molecule has 0 aliphatic rings. The van der Waals surface area contributed by atoms with Crippen LogP contribution in [0.5, 0.6) is 0 Å². The standard InChI is InChI=1S/C22H21N3OS/c1-17(14-19-10-7-13-27-19)25(15-18-8-3-2-4-9-18)22(26)20-16-24-12-6-5-11-21(24)23-20/h2-13,16-17H,14-15H2,1H3. The number of hydrogen-bond acceptors (Lipinski definition) is 3. The lowest BCUT2D eigenvalue weighted by atomic mass is 10.1. The summed E-state index contributed by atoms with van der Waals surface area (Å²) in [5.41, 5.74) is 2.38. The van der Waals surface area contributed by atoms with E-state index in [0.717, 1.165) is 17.6 Å². The molecule has 0 aliphatic heterocycles. The first-order valence-electron chi connectivity index (χ1n) is 9.02. The second kappa shape index (κ2) is 7.76. The number of amides is 1. The number of benzene rings is 1. The SMILES string of the molecule is CC(Cc1cccs1)N(Cc1ccccc1)C(=O)c1cn2ccccc2n1. The molecule has 4 rings (SSSR count). The molecule has 0 spiro atoms. The third kappa shape index (κ3) is 3.93. The number of fused-ring (bicyclic) bond motifs is 1. The molecule has 0 bridgehead atoms. The van der Waals surface area contributed by atoms with Crippen molar-refractivity contribution in [2.24, 2.45) is 0 Å². The minimum absolute atomic E-state index is 0.0355. The number of carbonyl (C=O) groups excluding carboxylic acids is 1. The Balaban J connectivity index is 1.64. The molecule has 136 valence electrons. The van der Waals surface area contributed by atoms with E-state index in [1.165, 1.54) is 4.88 Å². The van der Waals surface area contributed by atoms with Gasteiger partial charge in [0.1, 0.15) is 11.3 Å². The zero-order chi connectivity index (χ0) is 18.6. The fraction of sp³-hybridized carbons (Fsp3) is 0.182. The predicted molar refractivity (Wildman–Crippen MR) is 109 cm³/mol. The summed E-state index contributed by atoms with van der Waals surface area (Å²) in [6.07, 6.45) is 4.56. The Hall–Kier alpha value is -2.92. The summed E-state index contributed by atoms with van der Waals surface area (Å²) in [6, 6.07) is 20.1. The molecule has 4 aromatic rings. The van der Waals surface area contributed by atoms with E-state index < -0.39 is 0 Å². The molecule has 1 atom stereocenters. The Bertz CT molecular complexity index is 991. The van der Waals surface area contributed by atoms with Gasteiger partial charge in [0.05, 0.1) is 0 Å². The third-order valence-electron chi connectivity index (χ3n) is 4.65. The van der Waals surface area contributed by atoms with Crippen LogP contribution in [0.25, 0.3) is 5.65 Å². The molecule has 1 aromatic carbocycles. The van der Waals surface area contributed by atoms with Gasteiger partial charge >= 0.3 is 0 Å². The topological polar surface area (TPSA) is 37.6 Å². The Morgan fingerprint density at radius 1 is 1.11 bits per heavy atom. The van der Waals surface area contributed by atoms with Gasteiger partial charge in [-0.3, -0.25) is 4.79 Å². The van der Waals surface area contributed by atoms with Gasteiger partial charge in [-0.2, -0.15) is 0 Å². The number of hydrogen-bond donors (Lipinski definition) is 0. The lowest BCUT2D eigenvalue weighted by Gasteiger charge is -2.28. The van der Waals surface area contributed by atoms with Crippen LogP contribution in [0.4, 0.5) is 0 Å². The smallest absolute Gasteiger partial charge is 0.274 e. The van der Waals surface area contributed by atoms with Crippen molar-refractivity contribution < 1.29 is 4.79 Å². The minimum Gasteiger partial charge on any atom is -0.330 e. The van der Waals surface area contributed by atoms with Gasteiger partial charge in [-0.25, -0.2) is 4.98 Å². The van der Waals surface area contributed by atoms with Gasteiger partial charge in [0, 0.05) is 36.3 Å². The Morgan fingerprint density at radius 2 is 1.93 bits per heavy atom. The zero-order valence-electron chi connectivity index (χ0n) is 15.2. The van der Waals surface area contributed by atoms with Gasteiger partial charge in [0.2, 0.25) is 0 Å². The van der Waals surface area contributed by atoms with E-state index in [1.54, 1.807) is 11.3 Å². The highest BCUT2D eigenvalue weighted by Crippen LogP contribution is 2.19. The average molecular weight is 375 g/mol. The highest BCUT2D eigenvalue weighted by atomic mass is 32.1. The van der Waals surface area contributed by atoms with Crippen LogP contribution in [0, 0.1) is 0 Å². The van der Waals surface area contributed by atoms with Gasteiger partial charge in [-0.05, 0) is 36.1 Å². The molecular weight excluding hydrogens is 354 g/mol. The molecule has 0 saturated heterocycles. The Morgan fingerprint density at radius 3 is 2.67 bits per heavy atom. The number of imidazole rings is 1. The molecule has 4 nitrogen and oxygen atoms in total. The molecule has 1 amide bonds. The van der Waals surface area contributed by atoms with Gasteiger partial charge in [-0.15, -0.1) is 11.3 Å². The largest absolute Gasteiger partial charge is 0.330 e. The quantitative estimate of drug-likeness (QED) is 0.491. The first-order valence-corrected chi connectivity index (χ1v) is 9.89. The second-order valence-corrected chi connectivity index (χ2v) is 7.68. The van der Waals surface area contributed by atoms with Crippen molar-refractivity contribution in [1.29, 1.82) is 0 Å². The summed E-state index contributed by atoms with van der Waals surface area (Å²) in [5.74, 6) is -0.0355. The maximum Gasteiger partial charge on any atom is 0.274 e. The maximum absolute atomic E-state index is 13.3. The van der Waals surface area contributed by atoms with Crippen LogP contribution >= 0.6 is 11.3 Å². The molecule has 3 heterocycles. The molecule has 1 unspecified atom stereocenters. The fourth-order valence-corrected chi connectivity index (χ4v) is 4.05. The van der Waals surface area contributed by atoms with Crippen molar-refractivity contribution in [1.82, 2.24) is 14.3 Å². The molecule has 3 aromatic heterocycles. The summed E-state index contributed by atoms with van der Waals surface area (Å²) in [7, 11) is 0. The average Bonchev–Trinajstić information content (AvgIpc) is 3.35. The fourth-order valence-electron chi connectivity index (χ4n) is 3.22. The number of rotatable bonds is 6. The third-order valence-corrected chi connectivity index (χ3v) is 5.55. The van der Waals surface area contributed by atoms with Crippen LogP contribution < -0.4 is 0 Å². The molecule has 0 radical (unpaired) electrons. The lowest BCUT2D eigenvalue weighted by Crippen LogP contribution is -2.39. The van der Waals surface area contributed by atoms with Crippen molar-refractivity contribution in [3.8, 4) is 0 Å². The van der Waals surface area contributed by atoms with E-state index in [9.17, 15) is 4.79 Å². The number of pyridine rings is 1. The second-order valence-electron chi connectivity index (χ2n) is 6.64. The first kappa shape index (κ1) is 17.5. The minimum atomic E-state index is -0.0355. The van der Waals surface area contributed by atoms with E-state index in [4.69, 9.17) is 0 Å². The molecular formula is C22H21N3OS. The number of nitrogens with zero attached hydrogens (tertiary/aromatic N) is 3. The van der Waals surface area contributed by atoms with E-state index in [1.807, 2.05) is 58.1 Å². The maximum atomic E-state index is 13.3. The Kier molecular flexibility index (Phi) is 5.03. The number of thiophene rings is 1. The summed E-state index contributed by atoms with van der Waals surface area (Å²) in [5, 5.41) is 2.08. The summed E-state index contributed by atoms with van der Waals surface area (Å²) in [4.78, 5) is 21.1. The molecule has 0 fully saturated rings. The highest BCUT2D eigenvalue weighted by molar-refractivity contribution is 7.09. The van der Waals surface area contributed by atoms with Crippen LogP contribution in [0.3, 0.4) is 0 Å². The molecule has 27 heavy (non-hydrogen) atoms.